The van der Waals surface area contributed by atoms with E-state index < -0.39 is 11.6 Å². The van der Waals surface area contributed by atoms with Crippen LogP contribution >= 0.6 is 0 Å². The van der Waals surface area contributed by atoms with Gasteiger partial charge in [0.1, 0.15) is 40.2 Å². The van der Waals surface area contributed by atoms with E-state index in [-0.39, 0.29) is 56.2 Å². The van der Waals surface area contributed by atoms with E-state index in [1.807, 2.05) is 4.90 Å². The first-order valence-electron chi connectivity index (χ1n) is 17.3. The predicted octanol–water partition coefficient (Wildman–Crippen LogP) is 6.25. The molecule has 2 aliphatic heterocycles. The van der Waals surface area contributed by atoms with E-state index in [1.54, 1.807) is 12.5 Å². The minimum absolute atomic E-state index is 0.0353. The van der Waals surface area contributed by atoms with E-state index >= 15 is 8.78 Å². The van der Waals surface area contributed by atoms with E-state index in [1.165, 1.54) is 31.4 Å². The number of benzene rings is 2. The summed E-state index contributed by atoms with van der Waals surface area (Å²) in [4.78, 5) is 18.7. The summed E-state index contributed by atoms with van der Waals surface area (Å²) in [5.74, 6) is 1.25. The highest BCUT2D eigenvalue weighted by molar-refractivity contribution is 6.04. The molecule has 264 valence electrons. The van der Waals surface area contributed by atoms with Crippen LogP contribution in [0.15, 0.2) is 41.2 Å². The Hall–Kier alpha value is -5.06. The molecule has 0 radical (unpaired) electrons. The van der Waals surface area contributed by atoms with Crippen LogP contribution in [0.3, 0.4) is 0 Å². The van der Waals surface area contributed by atoms with Crippen molar-refractivity contribution in [2.75, 3.05) is 51.5 Å². The van der Waals surface area contributed by atoms with Crippen LogP contribution in [0, 0.1) is 29.4 Å². The number of terminal acetylenes is 1. The van der Waals surface area contributed by atoms with Gasteiger partial charge in [-0.2, -0.15) is 9.97 Å². The number of likely N-dealkylation sites (tertiary alicyclic amines) is 1. The minimum atomic E-state index is -0.807. The molecular formula is C38H38F2N6O5. The number of hydrogen-bond donors (Lipinski definition) is 1. The number of phenolic OH excluding ortho intramolecular Hbond substituents is 1. The van der Waals surface area contributed by atoms with Crippen LogP contribution in [0.2, 0.25) is 0 Å². The molecule has 0 unspecified atom stereocenters. The first kappa shape index (κ1) is 33.1. The smallest absolute Gasteiger partial charge is 0.319 e. The highest BCUT2D eigenvalue weighted by atomic mass is 19.1. The number of aromatic nitrogens is 4. The van der Waals surface area contributed by atoms with Gasteiger partial charge in [0.15, 0.2) is 5.82 Å². The standard InChI is InChI=1S/C38H38F2N6O5/c1-3-26-28(39)9-8-24-17-25(47)18-27(30(24)26)33-32(40)34-31(36(42-33)48-2)35(45-13-6-15-49-16-14-45)44-37(43-34)50-22-38-10-4-7-29(38)46(12-5-11-38)20-23-19-41-51-21-23/h1,8-9,17-19,21,29,47H,4-7,10-16,20,22H2,2H3/t29-,38-/m1/s1. The summed E-state index contributed by atoms with van der Waals surface area (Å²) in [7, 11) is 1.43. The van der Waals surface area contributed by atoms with Gasteiger partial charge in [-0.05, 0) is 62.2 Å². The quantitative estimate of drug-likeness (QED) is 0.186. The van der Waals surface area contributed by atoms with E-state index in [9.17, 15) is 5.11 Å². The van der Waals surface area contributed by atoms with E-state index in [0.717, 1.165) is 57.2 Å². The number of ether oxygens (including phenoxy) is 3. The zero-order valence-electron chi connectivity index (χ0n) is 28.3. The lowest BCUT2D eigenvalue weighted by Crippen LogP contribution is -2.51. The maximum atomic E-state index is 17.2. The number of pyridine rings is 1. The van der Waals surface area contributed by atoms with Crippen molar-refractivity contribution in [1.82, 2.24) is 25.0 Å². The van der Waals surface area contributed by atoms with E-state index in [4.69, 9.17) is 30.1 Å². The van der Waals surface area contributed by atoms with Crippen molar-refractivity contribution in [2.45, 2.75) is 51.1 Å². The maximum absolute atomic E-state index is 17.2. The monoisotopic (exact) mass is 696 g/mol. The number of fused-ring (bicyclic) bond motifs is 3. The molecule has 11 nitrogen and oxygen atoms in total. The van der Waals surface area contributed by atoms with E-state index in [2.05, 4.69) is 25.9 Å². The first-order valence-corrected chi connectivity index (χ1v) is 17.3. The molecule has 0 amide bonds. The molecule has 2 saturated heterocycles. The van der Waals surface area contributed by atoms with Crippen LogP contribution in [0.25, 0.3) is 32.9 Å². The molecule has 1 N–H and O–H groups in total. The van der Waals surface area contributed by atoms with Gasteiger partial charge in [0.05, 0.1) is 32.1 Å². The fourth-order valence-electron chi connectivity index (χ4n) is 8.38. The molecule has 3 aliphatic rings. The zero-order chi connectivity index (χ0) is 35.1. The molecule has 5 aromatic rings. The van der Waals surface area contributed by atoms with E-state index in [0.29, 0.717) is 50.2 Å². The van der Waals surface area contributed by atoms with Crippen molar-refractivity contribution < 1.29 is 32.6 Å². The topological polar surface area (TPSA) is 119 Å². The average Bonchev–Trinajstić information content (AvgIpc) is 3.74. The van der Waals surface area contributed by atoms with Crippen LogP contribution in [0.4, 0.5) is 14.6 Å². The van der Waals surface area contributed by atoms with Gasteiger partial charge in [0.2, 0.25) is 5.88 Å². The summed E-state index contributed by atoms with van der Waals surface area (Å²) < 4.78 is 55.3. The average molecular weight is 697 g/mol. The third kappa shape index (κ3) is 5.96. The Labute approximate surface area is 293 Å². The molecule has 3 aromatic heterocycles. The fraction of sp³-hybridized carbons (Fsp3) is 0.421. The predicted molar refractivity (Wildman–Crippen MR) is 186 cm³/mol. The van der Waals surface area contributed by atoms with Crippen LogP contribution < -0.4 is 14.4 Å². The van der Waals surface area contributed by atoms with Crippen LogP contribution in [-0.2, 0) is 11.3 Å². The summed E-state index contributed by atoms with van der Waals surface area (Å²) in [5, 5.41) is 15.5. The van der Waals surface area contributed by atoms with Crippen molar-refractivity contribution in [3.63, 3.8) is 0 Å². The largest absolute Gasteiger partial charge is 0.508 e. The Kier molecular flexibility index (Phi) is 8.81. The van der Waals surface area contributed by atoms with Crippen LogP contribution in [-0.4, -0.2) is 82.7 Å². The van der Waals surface area contributed by atoms with Gasteiger partial charge in [0, 0.05) is 54.2 Å². The van der Waals surface area contributed by atoms with Gasteiger partial charge in [-0.3, -0.25) is 4.90 Å². The lowest BCUT2D eigenvalue weighted by atomic mass is 9.75. The number of piperidine rings is 1. The Bertz CT molecular complexity index is 2130. The number of methoxy groups -OCH3 is 1. The highest BCUT2D eigenvalue weighted by Crippen LogP contribution is 2.49. The summed E-state index contributed by atoms with van der Waals surface area (Å²) in [6, 6.07) is 5.78. The van der Waals surface area contributed by atoms with Gasteiger partial charge in [-0.15, -0.1) is 6.42 Å². The normalized spacial score (nSPS) is 21.1. The fourth-order valence-corrected chi connectivity index (χ4v) is 8.38. The Morgan fingerprint density at radius 2 is 1.94 bits per heavy atom. The second kappa shape index (κ2) is 13.6. The Morgan fingerprint density at radius 3 is 2.76 bits per heavy atom. The van der Waals surface area contributed by atoms with Gasteiger partial charge >= 0.3 is 6.01 Å². The number of aromatic hydroxyl groups is 1. The second-order valence-electron chi connectivity index (χ2n) is 13.6. The third-order valence-corrected chi connectivity index (χ3v) is 10.7. The Balaban J connectivity index is 1.25. The molecule has 13 heteroatoms. The van der Waals surface area contributed by atoms with Crippen molar-refractivity contribution in [1.29, 1.82) is 0 Å². The summed E-state index contributed by atoms with van der Waals surface area (Å²) in [6.45, 7) is 4.24. The molecule has 2 atom stereocenters. The number of phenols is 1. The number of nitrogens with zero attached hydrogens (tertiary/aromatic N) is 6. The second-order valence-corrected chi connectivity index (χ2v) is 13.6. The van der Waals surface area contributed by atoms with Gasteiger partial charge in [-0.25, -0.2) is 13.8 Å². The minimum Gasteiger partial charge on any atom is -0.508 e. The number of hydrogen-bond acceptors (Lipinski definition) is 11. The maximum Gasteiger partial charge on any atom is 0.319 e. The van der Waals surface area contributed by atoms with Crippen molar-refractivity contribution in [3.8, 4) is 41.2 Å². The molecule has 3 fully saturated rings. The molecule has 0 bridgehead atoms. The molecule has 0 spiro atoms. The molecule has 1 saturated carbocycles. The lowest BCUT2D eigenvalue weighted by molar-refractivity contribution is -0.00461. The van der Waals surface area contributed by atoms with Crippen LogP contribution in [0.1, 0.15) is 49.7 Å². The van der Waals surface area contributed by atoms with Crippen molar-refractivity contribution in [3.05, 3.63) is 59.5 Å². The summed E-state index contributed by atoms with van der Waals surface area (Å²) >= 11 is 0. The summed E-state index contributed by atoms with van der Waals surface area (Å²) in [6.07, 6.45) is 15.1. The zero-order valence-corrected chi connectivity index (χ0v) is 28.3. The van der Waals surface area contributed by atoms with Crippen molar-refractivity contribution >= 4 is 27.5 Å². The molecule has 51 heavy (non-hydrogen) atoms. The lowest BCUT2D eigenvalue weighted by Gasteiger charge is -2.46. The third-order valence-electron chi connectivity index (χ3n) is 10.7. The Morgan fingerprint density at radius 1 is 1.06 bits per heavy atom. The van der Waals surface area contributed by atoms with Crippen LogP contribution in [0.5, 0.6) is 17.6 Å². The van der Waals surface area contributed by atoms with Gasteiger partial charge in [-0.1, -0.05) is 23.6 Å². The van der Waals surface area contributed by atoms with Gasteiger partial charge in [0.25, 0.3) is 0 Å². The number of anilines is 1. The molecule has 5 heterocycles. The summed E-state index contributed by atoms with van der Waals surface area (Å²) in [5.41, 5.74) is 0.659. The highest BCUT2D eigenvalue weighted by Gasteiger charge is 2.48. The molecule has 8 rings (SSSR count). The SMILES string of the molecule is C#Cc1c(F)ccc2cc(O)cc(-c3nc(OC)c4c(N5CCCOCC5)nc(OC[C@]56CCC[C@H]5N(Cc5cnoc5)CCC6)nc4c3F)c12. The molecular weight excluding hydrogens is 658 g/mol. The molecule has 2 aromatic carbocycles. The van der Waals surface area contributed by atoms with Gasteiger partial charge < -0.3 is 28.7 Å². The number of halogens is 2. The molecule has 1 aliphatic carbocycles. The van der Waals surface area contributed by atoms with Crippen molar-refractivity contribution in [2.24, 2.45) is 5.41 Å². The first-order chi connectivity index (χ1) is 24.9. The number of rotatable bonds is 8.